The van der Waals surface area contributed by atoms with Gasteiger partial charge in [-0.2, -0.15) is 0 Å². The molecule has 1 saturated carbocycles. The third-order valence-electron chi connectivity index (χ3n) is 5.06. The average Bonchev–Trinajstić information content (AvgIpc) is 2.75. The van der Waals surface area contributed by atoms with Gasteiger partial charge in [0.25, 0.3) is 0 Å². The van der Waals surface area contributed by atoms with Crippen LogP contribution in [0, 0.1) is 0 Å². The second-order valence-electron chi connectivity index (χ2n) is 7.08. The Morgan fingerprint density at radius 3 is 2.32 bits per heavy atom. The van der Waals surface area contributed by atoms with Crippen LogP contribution in [-0.2, 0) is 0 Å². The maximum absolute atomic E-state index is 11.6. The van der Waals surface area contributed by atoms with Crippen LogP contribution in [-0.4, -0.2) is 32.1 Å². The van der Waals surface area contributed by atoms with Crippen molar-refractivity contribution in [3.63, 3.8) is 0 Å². The molecule has 28 heavy (non-hydrogen) atoms. The number of aromatic nitrogens is 3. The molecule has 0 unspecified atom stereocenters. The summed E-state index contributed by atoms with van der Waals surface area (Å²) in [4.78, 5) is 24.8. The van der Waals surface area contributed by atoms with Gasteiger partial charge in [0.15, 0.2) is 0 Å². The van der Waals surface area contributed by atoms with Gasteiger partial charge in [-0.15, -0.1) is 0 Å². The predicted molar refractivity (Wildman–Crippen MR) is 108 cm³/mol. The zero-order chi connectivity index (χ0) is 19.3. The highest BCUT2D eigenvalue weighted by molar-refractivity contribution is 5.90. The number of hydrogen-bond donors (Lipinski definition) is 2. The molecule has 142 valence electrons. The highest BCUT2D eigenvalue weighted by Crippen LogP contribution is 2.27. The van der Waals surface area contributed by atoms with Gasteiger partial charge in [0, 0.05) is 35.8 Å². The quantitative estimate of drug-likeness (QED) is 0.676. The molecule has 0 aliphatic heterocycles. The third-order valence-corrected chi connectivity index (χ3v) is 5.06. The average molecular weight is 374 g/mol. The van der Waals surface area contributed by atoms with Crippen molar-refractivity contribution in [3.05, 3.63) is 60.6 Å². The molecule has 3 heterocycles. The number of aromatic carboxylic acids is 1. The zero-order valence-corrected chi connectivity index (χ0v) is 15.5. The van der Waals surface area contributed by atoms with Gasteiger partial charge in [-0.05, 0) is 49.2 Å². The predicted octanol–water partition coefficient (Wildman–Crippen LogP) is 4.65. The van der Waals surface area contributed by atoms with E-state index in [1.807, 2.05) is 24.3 Å². The molecule has 0 spiro atoms. The molecule has 0 aromatic carbocycles. The molecule has 1 aliphatic rings. The standard InChI is InChI=1S/C22H22N4O2/c27-22(28)17-12-19(15-6-9-23-10-7-15)26-20(13-17)16-8-11-24-21(14-16)25-18-4-2-1-3-5-18/h6-14,18H,1-5H2,(H,24,25)(H,27,28). The molecule has 4 rings (SSSR count). The fourth-order valence-electron chi connectivity index (χ4n) is 3.60. The molecule has 3 aromatic heterocycles. The first kappa shape index (κ1) is 18.1. The number of pyridine rings is 3. The number of rotatable bonds is 5. The van der Waals surface area contributed by atoms with Gasteiger partial charge in [-0.1, -0.05) is 19.3 Å². The van der Waals surface area contributed by atoms with E-state index in [1.165, 1.54) is 19.3 Å². The maximum atomic E-state index is 11.6. The SMILES string of the molecule is O=C(O)c1cc(-c2ccncc2)nc(-c2ccnc(NC3CCCCC3)c2)c1. The zero-order valence-electron chi connectivity index (χ0n) is 15.5. The molecule has 6 heteroatoms. The summed E-state index contributed by atoms with van der Waals surface area (Å²) >= 11 is 0. The van der Waals surface area contributed by atoms with Crippen LogP contribution in [0.5, 0.6) is 0 Å². The lowest BCUT2D eigenvalue weighted by Gasteiger charge is -2.23. The van der Waals surface area contributed by atoms with Crippen LogP contribution < -0.4 is 5.32 Å². The summed E-state index contributed by atoms with van der Waals surface area (Å²) < 4.78 is 0. The van der Waals surface area contributed by atoms with Crippen LogP contribution in [0.4, 0.5) is 5.82 Å². The van der Waals surface area contributed by atoms with E-state index >= 15 is 0 Å². The van der Waals surface area contributed by atoms with E-state index in [9.17, 15) is 9.90 Å². The Kier molecular flexibility index (Phi) is 5.28. The summed E-state index contributed by atoms with van der Waals surface area (Å²) in [7, 11) is 0. The lowest BCUT2D eigenvalue weighted by atomic mass is 9.95. The number of nitrogens with zero attached hydrogens (tertiary/aromatic N) is 3. The van der Waals surface area contributed by atoms with Gasteiger partial charge in [0.2, 0.25) is 0 Å². The molecular formula is C22H22N4O2. The smallest absolute Gasteiger partial charge is 0.335 e. The molecule has 3 aromatic rings. The molecule has 1 fully saturated rings. The number of carboxylic acid groups (broad SMARTS) is 1. The highest BCUT2D eigenvalue weighted by atomic mass is 16.4. The van der Waals surface area contributed by atoms with E-state index in [0.717, 1.165) is 29.8 Å². The summed E-state index contributed by atoms with van der Waals surface area (Å²) in [5, 5.41) is 13.0. The van der Waals surface area contributed by atoms with Crippen molar-refractivity contribution in [2.75, 3.05) is 5.32 Å². The minimum absolute atomic E-state index is 0.204. The van der Waals surface area contributed by atoms with Gasteiger partial charge in [-0.3, -0.25) is 4.98 Å². The maximum Gasteiger partial charge on any atom is 0.335 e. The molecule has 1 aliphatic carbocycles. The Morgan fingerprint density at radius 1 is 0.929 bits per heavy atom. The summed E-state index contributed by atoms with van der Waals surface area (Å²) in [6.07, 6.45) is 11.2. The summed E-state index contributed by atoms with van der Waals surface area (Å²) in [6.45, 7) is 0. The second kappa shape index (κ2) is 8.17. The van der Waals surface area contributed by atoms with E-state index in [1.54, 1.807) is 30.7 Å². The van der Waals surface area contributed by atoms with Crippen LogP contribution >= 0.6 is 0 Å². The Bertz CT molecular complexity index is 969. The van der Waals surface area contributed by atoms with E-state index < -0.39 is 5.97 Å². The number of carboxylic acids is 1. The van der Waals surface area contributed by atoms with Crippen LogP contribution in [0.1, 0.15) is 42.5 Å². The Hall–Kier alpha value is -3.28. The molecule has 0 radical (unpaired) electrons. The molecular weight excluding hydrogens is 352 g/mol. The number of carbonyl (C=O) groups is 1. The fraction of sp³-hybridized carbons (Fsp3) is 0.273. The first-order valence-corrected chi connectivity index (χ1v) is 9.58. The monoisotopic (exact) mass is 374 g/mol. The largest absolute Gasteiger partial charge is 0.478 e. The Labute approximate surface area is 163 Å². The number of hydrogen-bond acceptors (Lipinski definition) is 5. The van der Waals surface area contributed by atoms with Crippen molar-refractivity contribution < 1.29 is 9.90 Å². The first-order valence-electron chi connectivity index (χ1n) is 9.58. The first-order chi connectivity index (χ1) is 13.7. The van der Waals surface area contributed by atoms with Crippen molar-refractivity contribution in [2.45, 2.75) is 38.1 Å². The lowest BCUT2D eigenvalue weighted by molar-refractivity contribution is 0.0697. The van der Waals surface area contributed by atoms with Gasteiger partial charge in [-0.25, -0.2) is 14.8 Å². The van der Waals surface area contributed by atoms with Crippen LogP contribution in [0.15, 0.2) is 55.0 Å². The summed E-state index contributed by atoms with van der Waals surface area (Å²) in [6, 6.07) is 11.1. The highest BCUT2D eigenvalue weighted by Gasteiger charge is 2.15. The van der Waals surface area contributed by atoms with Crippen molar-refractivity contribution >= 4 is 11.8 Å². The van der Waals surface area contributed by atoms with Crippen molar-refractivity contribution in [2.24, 2.45) is 0 Å². The topological polar surface area (TPSA) is 88.0 Å². The Morgan fingerprint density at radius 2 is 1.61 bits per heavy atom. The van der Waals surface area contributed by atoms with Crippen LogP contribution in [0.3, 0.4) is 0 Å². The second-order valence-corrected chi connectivity index (χ2v) is 7.08. The van der Waals surface area contributed by atoms with Crippen LogP contribution in [0.25, 0.3) is 22.5 Å². The van der Waals surface area contributed by atoms with Crippen LogP contribution in [0.2, 0.25) is 0 Å². The van der Waals surface area contributed by atoms with E-state index in [0.29, 0.717) is 17.4 Å². The van der Waals surface area contributed by atoms with Crippen molar-refractivity contribution in [1.82, 2.24) is 15.0 Å². The fourth-order valence-corrected chi connectivity index (χ4v) is 3.60. The normalized spacial score (nSPS) is 14.6. The minimum atomic E-state index is -0.978. The number of anilines is 1. The lowest BCUT2D eigenvalue weighted by Crippen LogP contribution is -2.22. The van der Waals surface area contributed by atoms with Gasteiger partial charge < -0.3 is 10.4 Å². The van der Waals surface area contributed by atoms with Gasteiger partial charge in [0.05, 0.1) is 17.0 Å². The molecule has 0 bridgehead atoms. The van der Waals surface area contributed by atoms with Gasteiger partial charge >= 0.3 is 5.97 Å². The molecule has 0 atom stereocenters. The summed E-state index contributed by atoms with van der Waals surface area (Å²) in [5.41, 5.74) is 3.09. The van der Waals surface area contributed by atoms with Crippen molar-refractivity contribution in [3.8, 4) is 22.5 Å². The van der Waals surface area contributed by atoms with Gasteiger partial charge in [0.1, 0.15) is 5.82 Å². The van der Waals surface area contributed by atoms with E-state index in [2.05, 4.69) is 15.3 Å². The third kappa shape index (κ3) is 4.17. The Balaban J connectivity index is 1.69. The van der Waals surface area contributed by atoms with Crippen molar-refractivity contribution in [1.29, 1.82) is 0 Å². The molecule has 0 amide bonds. The molecule has 2 N–H and O–H groups in total. The van der Waals surface area contributed by atoms with E-state index in [4.69, 9.17) is 4.98 Å². The van der Waals surface area contributed by atoms with E-state index in [-0.39, 0.29) is 5.56 Å². The summed E-state index contributed by atoms with van der Waals surface area (Å²) in [5.74, 6) is -0.175. The molecule has 0 saturated heterocycles. The molecule has 6 nitrogen and oxygen atoms in total. The number of nitrogens with one attached hydrogen (secondary N) is 1. The minimum Gasteiger partial charge on any atom is -0.478 e.